The molecule has 6 heteroatoms. The number of H-pyrrole nitrogens is 1. The fourth-order valence-electron chi connectivity index (χ4n) is 4.02. The standard InChI is InChI=1S/C23H24ClN3O2/c24-16-11-12-18-20(13-16)25-14-19(22(18)28)21(15-7-3-1-4-8-15)27-23(29)26-17-9-5-2-6-10-17/h1,3-4,7-8,11-14,17,21H,2,5-6,9-10H2,(H,25,28)(H2,26,27,29). The Morgan fingerprint density at radius 1 is 1.07 bits per heavy atom. The average molecular weight is 410 g/mol. The molecule has 1 aromatic heterocycles. The number of aromatic amines is 1. The van der Waals surface area contributed by atoms with E-state index in [0.29, 0.717) is 21.5 Å². The molecule has 0 spiro atoms. The first-order valence-corrected chi connectivity index (χ1v) is 10.4. The Kier molecular flexibility index (Phi) is 5.86. The third kappa shape index (κ3) is 4.46. The molecule has 1 aliphatic carbocycles. The van der Waals surface area contributed by atoms with Crippen molar-refractivity contribution in [3.05, 3.63) is 81.1 Å². The van der Waals surface area contributed by atoms with Crippen LogP contribution in [0.1, 0.15) is 49.3 Å². The fourth-order valence-corrected chi connectivity index (χ4v) is 4.19. The van der Waals surface area contributed by atoms with Crippen LogP contribution >= 0.6 is 11.6 Å². The largest absolute Gasteiger partial charge is 0.361 e. The van der Waals surface area contributed by atoms with Gasteiger partial charge in [-0.05, 0) is 36.6 Å². The lowest BCUT2D eigenvalue weighted by Crippen LogP contribution is -2.45. The minimum atomic E-state index is -0.552. The van der Waals surface area contributed by atoms with E-state index in [1.54, 1.807) is 24.4 Å². The van der Waals surface area contributed by atoms with E-state index in [9.17, 15) is 9.59 Å². The number of urea groups is 1. The molecular weight excluding hydrogens is 386 g/mol. The fraction of sp³-hybridized carbons (Fsp3) is 0.304. The first kappa shape index (κ1) is 19.5. The normalized spacial score (nSPS) is 15.8. The second kappa shape index (κ2) is 8.70. The Morgan fingerprint density at radius 3 is 2.59 bits per heavy atom. The lowest BCUT2D eigenvalue weighted by molar-refractivity contribution is 0.230. The van der Waals surface area contributed by atoms with Crippen molar-refractivity contribution < 1.29 is 4.79 Å². The number of hydrogen-bond donors (Lipinski definition) is 3. The molecule has 0 saturated heterocycles. The van der Waals surface area contributed by atoms with Crippen LogP contribution in [0.25, 0.3) is 10.9 Å². The number of fused-ring (bicyclic) bond motifs is 1. The lowest BCUT2D eigenvalue weighted by atomic mass is 9.95. The van der Waals surface area contributed by atoms with E-state index in [0.717, 1.165) is 31.2 Å². The number of nitrogens with one attached hydrogen (secondary N) is 3. The van der Waals surface area contributed by atoms with Crippen molar-refractivity contribution in [2.75, 3.05) is 0 Å². The van der Waals surface area contributed by atoms with Crippen molar-refractivity contribution in [1.29, 1.82) is 0 Å². The van der Waals surface area contributed by atoms with Gasteiger partial charge >= 0.3 is 6.03 Å². The van der Waals surface area contributed by atoms with Crippen LogP contribution in [0.3, 0.4) is 0 Å². The van der Waals surface area contributed by atoms with E-state index < -0.39 is 6.04 Å². The molecule has 0 radical (unpaired) electrons. The summed E-state index contributed by atoms with van der Waals surface area (Å²) in [4.78, 5) is 29.1. The van der Waals surface area contributed by atoms with Crippen LogP contribution in [0.5, 0.6) is 0 Å². The van der Waals surface area contributed by atoms with Crippen molar-refractivity contribution in [2.24, 2.45) is 0 Å². The first-order chi connectivity index (χ1) is 14.1. The van der Waals surface area contributed by atoms with Crippen LogP contribution in [-0.4, -0.2) is 17.1 Å². The van der Waals surface area contributed by atoms with Gasteiger partial charge in [-0.25, -0.2) is 4.79 Å². The molecule has 1 heterocycles. The van der Waals surface area contributed by atoms with Crippen molar-refractivity contribution in [2.45, 2.75) is 44.2 Å². The quantitative estimate of drug-likeness (QED) is 0.573. The number of halogens is 1. The lowest BCUT2D eigenvalue weighted by Gasteiger charge is -2.25. The highest BCUT2D eigenvalue weighted by Gasteiger charge is 2.23. The van der Waals surface area contributed by atoms with E-state index in [1.165, 1.54) is 6.42 Å². The molecule has 1 fully saturated rings. The molecule has 2 amide bonds. The first-order valence-electron chi connectivity index (χ1n) is 10.0. The van der Waals surface area contributed by atoms with Crippen molar-refractivity contribution >= 4 is 28.5 Å². The Bertz CT molecular complexity index is 1060. The number of carbonyl (C=O) groups excluding carboxylic acids is 1. The van der Waals surface area contributed by atoms with Gasteiger partial charge in [0.25, 0.3) is 0 Å². The number of pyridine rings is 1. The molecule has 0 bridgehead atoms. The van der Waals surface area contributed by atoms with Gasteiger partial charge in [0.05, 0.1) is 11.6 Å². The minimum absolute atomic E-state index is 0.123. The van der Waals surface area contributed by atoms with Gasteiger partial charge in [0.1, 0.15) is 0 Å². The van der Waals surface area contributed by atoms with Crippen LogP contribution in [-0.2, 0) is 0 Å². The van der Waals surface area contributed by atoms with Gasteiger partial charge in [0.2, 0.25) is 0 Å². The summed E-state index contributed by atoms with van der Waals surface area (Å²) in [5.74, 6) is 0. The topological polar surface area (TPSA) is 74.0 Å². The number of hydrogen-bond acceptors (Lipinski definition) is 2. The zero-order valence-electron chi connectivity index (χ0n) is 16.1. The summed E-state index contributed by atoms with van der Waals surface area (Å²) >= 11 is 6.04. The van der Waals surface area contributed by atoms with Crippen LogP contribution in [0.15, 0.2) is 59.5 Å². The maximum atomic E-state index is 13.2. The van der Waals surface area contributed by atoms with Gasteiger partial charge in [-0.2, -0.15) is 0 Å². The maximum Gasteiger partial charge on any atom is 0.315 e. The summed E-state index contributed by atoms with van der Waals surface area (Å²) in [6, 6.07) is 14.1. The monoisotopic (exact) mass is 409 g/mol. The molecular formula is C23H24ClN3O2. The number of aromatic nitrogens is 1. The molecule has 1 aliphatic rings. The van der Waals surface area contributed by atoms with Gasteiger partial charge in [-0.3, -0.25) is 4.79 Å². The summed E-state index contributed by atoms with van der Waals surface area (Å²) in [7, 11) is 0. The molecule has 150 valence electrons. The molecule has 1 saturated carbocycles. The molecule has 4 rings (SSSR count). The highest BCUT2D eigenvalue weighted by molar-refractivity contribution is 6.31. The summed E-state index contributed by atoms with van der Waals surface area (Å²) in [6.07, 6.45) is 7.17. The Balaban J connectivity index is 1.67. The molecule has 29 heavy (non-hydrogen) atoms. The molecule has 1 unspecified atom stereocenters. The smallest absolute Gasteiger partial charge is 0.315 e. The van der Waals surface area contributed by atoms with Gasteiger partial charge in [-0.15, -0.1) is 0 Å². The molecule has 2 aromatic carbocycles. The van der Waals surface area contributed by atoms with Crippen LogP contribution in [0.2, 0.25) is 5.02 Å². The number of rotatable bonds is 4. The van der Waals surface area contributed by atoms with Crippen molar-refractivity contribution in [3.63, 3.8) is 0 Å². The highest BCUT2D eigenvalue weighted by atomic mass is 35.5. The SMILES string of the molecule is O=C(NC1CCCCC1)NC(c1ccccc1)c1c[nH]c2cc(Cl)ccc2c1=O. The summed E-state index contributed by atoms with van der Waals surface area (Å²) < 4.78 is 0. The second-order valence-electron chi connectivity index (χ2n) is 7.56. The van der Waals surface area contributed by atoms with Crippen LogP contribution < -0.4 is 16.1 Å². The van der Waals surface area contributed by atoms with Crippen molar-refractivity contribution in [3.8, 4) is 0 Å². The van der Waals surface area contributed by atoms with Gasteiger partial charge in [-0.1, -0.05) is 61.2 Å². The molecule has 3 N–H and O–H groups in total. The van der Waals surface area contributed by atoms with E-state index in [-0.39, 0.29) is 17.5 Å². The summed E-state index contributed by atoms with van der Waals surface area (Å²) in [5.41, 5.74) is 1.89. The number of benzene rings is 2. The van der Waals surface area contributed by atoms with Gasteiger partial charge in [0, 0.05) is 28.2 Å². The predicted molar refractivity (Wildman–Crippen MR) is 116 cm³/mol. The Labute approximate surface area is 174 Å². The number of carbonyl (C=O) groups is 1. The predicted octanol–water partition coefficient (Wildman–Crippen LogP) is 4.90. The van der Waals surface area contributed by atoms with E-state index in [2.05, 4.69) is 15.6 Å². The zero-order valence-corrected chi connectivity index (χ0v) is 16.8. The molecule has 5 nitrogen and oxygen atoms in total. The Morgan fingerprint density at radius 2 is 1.83 bits per heavy atom. The molecule has 1 atom stereocenters. The summed E-state index contributed by atoms with van der Waals surface area (Å²) in [6.45, 7) is 0. The number of amides is 2. The maximum absolute atomic E-state index is 13.2. The van der Waals surface area contributed by atoms with E-state index in [1.807, 2.05) is 30.3 Å². The Hall–Kier alpha value is -2.79. The van der Waals surface area contributed by atoms with Crippen LogP contribution in [0.4, 0.5) is 4.79 Å². The zero-order chi connectivity index (χ0) is 20.2. The second-order valence-corrected chi connectivity index (χ2v) is 8.00. The van der Waals surface area contributed by atoms with E-state index >= 15 is 0 Å². The molecule has 0 aliphatic heterocycles. The average Bonchev–Trinajstić information content (AvgIpc) is 2.74. The van der Waals surface area contributed by atoms with Crippen LogP contribution in [0, 0.1) is 0 Å². The minimum Gasteiger partial charge on any atom is -0.361 e. The molecule has 3 aromatic rings. The van der Waals surface area contributed by atoms with E-state index in [4.69, 9.17) is 11.6 Å². The summed E-state index contributed by atoms with van der Waals surface area (Å²) in [5, 5.41) is 7.20. The van der Waals surface area contributed by atoms with Gasteiger partial charge in [0.15, 0.2) is 5.43 Å². The highest BCUT2D eigenvalue weighted by Crippen LogP contribution is 2.23. The third-order valence-electron chi connectivity index (χ3n) is 5.53. The van der Waals surface area contributed by atoms with Crippen molar-refractivity contribution in [1.82, 2.24) is 15.6 Å². The third-order valence-corrected chi connectivity index (χ3v) is 5.77. The van der Waals surface area contributed by atoms with Gasteiger partial charge < -0.3 is 15.6 Å².